The fraction of sp³-hybridized carbons (Fsp3) is 0.158. The Morgan fingerprint density at radius 1 is 1.12 bits per heavy atom. The number of halogens is 1. The number of rotatable bonds is 4. The van der Waals surface area contributed by atoms with Gasteiger partial charge in [0.2, 0.25) is 0 Å². The summed E-state index contributed by atoms with van der Waals surface area (Å²) in [6.07, 6.45) is 0. The molecular formula is C19H16ClNO3S. The van der Waals surface area contributed by atoms with Gasteiger partial charge in [-0.1, -0.05) is 35.9 Å². The zero-order valence-corrected chi connectivity index (χ0v) is 15.3. The maximum atomic E-state index is 12.2. The van der Waals surface area contributed by atoms with E-state index in [0.29, 0.717) is 15.6 Å². The van der Waals surface area contributed by atoms with Gasteiger partial charge in [0.25, 0.3) is 5.91 Å². The molecule has 1 aromatic heterocycles. The molecule has 1 N–H and O–H groups in total. The van der Waals surface area contributed by atoms with Gasteiger partial charge in [0, 0.05) is 15.8 Å². The molecule has 0 saturated heterocycles. The lowest BCUT2D eigenvalue weighted by Crippen LogP contribution is -2.20. The Balaban J connectivity index is 1.65. The van der Waals surface area contributed by atoms with Crippen molar-refractivity contribution in [3.63, 3.8) is 0 Å². The van der Waals surface area contributed by atoms with Crippen LogP contribution in [0.2, 0.25) is 5.02 Å². The second-order valence-corrected chi connectivity index (χ2v) is 7.17. The van der Waals surface area contributed by atoms with Crippen molar-refractivity contribution in [1.29, 1.82) is 0 Å². The molecule has 6 heteroatoms. The highest BCUT2D eigenvalue weighted by Crippen LogP contribution is 2.35. The molecule has 0 atom stereocenters. The number of hydrogen-bond acceptors (Lipinski definition) is 4. The third-order valence-corrected chi connectivity index (χ3v) is 5.22. The number of thiophene rings is 1. The molecule has 0 unspecified atom stereocenters. The molecule has 0 radical (unpaired) electrons. The predicted molar refractivity (Wildman–Crippen MR) is 102 cm³/mol. The molecule has 25 heavy (non-hydrogen) atoms. The summed E-state index contributed by atoms with van der Waals surface area (Å²) in [5.74, 6) is -0.989. The van der Waals surface area contributed by atoms with Crippen molar-refractivity contribution in [1.82, 2.24) is 0 Å². The number of amides is 1. The van der Waals surface area contributed by atoms with Gasteiger partial charge in [0.05, 0.1) is 5.02 Å². The number of carbonyl (C=O) groups is 2. The topological polar surface area (TPSA) is 55.4 Å². The summed E-state index contributed by atoms with van der Waals surface area (Å²) in [7, 11) is 0. The lowest BCUT2D eigenvalue weighted by molar-refractivity contribution is -0.119. The maximum Gasteiger partial charge on any atom is 0.350 e. The van der Waals surface area contributed by atoms with Crippen molar-refractivity contribution < 1.29 is 14.3 Å². The zero-order valence-electron chi connectivity index (χ0n) is 13.8. The summed E-state index contributed by atoms with van der Waals surface area (Å²) >= 11 is 7.49. The first-order chi connectivity index (χ1) is 11.9. The predicted octanol–water partition coefficient (Wildman–Crippen LogP) is 4.97. The minimum absolute atomic E-state index is 0.307. The fourth-order valence-corrected chi connectivity index (χ4v) is 3.99. The molecule has 2 aromatic carbocycles. The lowest BCUT2D eigenvalue weighted by atomic mass is 10.1. The van der Waals surface area contributed by atoms with Crippen molar-refractivity contribution in [3.8, 4) is 0 Å². The van der Waals surface area contributed by atoms with E-state index in [1.54, 1.807) is 0 Å². The van der Waals surface area contributed by atoms with Crippen LogP contribution in [0.1, 0.15) is 20.8 Å². The van der Waals surface area contributed by atoms with Gasteiger partial charge in [0.1, 0.15) is 4.88 Å². The number of anilines is 1. The number of hydrogen-bond donors (Lipinski definition) is 1. The van der Waals surface area contributed by atoms with E-state index in [2.05, 4.69) is 5.32 Å². The summed E-state index contributed by atoms with van der Waals surface area (Å²) < 4.78 is 6.01. The van der Waals surface area contributed by atoms with E-state index in [-0.39, 0.29) is 6.61 Å². The Labute approximate surface area is 154 Å². The van der Waals surface area contributed by atoms with Crippen LogP contribution in [0.5, 0.6) is 0 Å². The van der Waals surface area contributed by atoms with E-state index in [4.69, 9.17) is 16.3 Å². The van der Waals surface area contributed by atoms with Crippen LogP contribution in [0.25, 0.3) is 10.1 Å². The largest absolute Gasteiger partial charge is 0.451 e. The smallest absolute Gasteiger partial charge is 0.350 e. The number of esters is 1. The van der Waals surface area contributed by atoms with Crippen molar-refractivity contribution in [2.24, 2.45) is 0 Å². The molecule has 0 saturated carbocycles. The van der Waals surface area contributed by atoms with Crippen LogP contribution in [0.4, 0.5) is 5.69 Å². The van der Waals surface area contributed by atoms with Crippen LogP contribution in [0.15, 0.2) is 42.5 Å². The number of ether oxygens (including phenoxy) is 1. The van der Waals surface area contributed by atoms with E-state index in [9.17, 15) is 9.59 Å². The summed E-state index contributed by atoms with van der Waals surface area (Å²) in [6, 6.07) is 13.2. The highest BCUT2D eigenvalue weighted by Gasteiger charge is 2.19. The first-order valence-corrected chi connectivity index (χ1v) is 8.86. The van der Waals surface area contributed by atoms with Crippen LogP contribution in [-0.2, 0) is 9.53 Å². The molecule has 0 aliphatic heterocycles. The highest BCUT2D eigenvalue weighted by molar-refractivity contribution is 7.21. The van der Waals surface area contributed by atoms with Crippen molar-refractivity contribution >= 4 is 50.6 Å². The van der Waals surface area contributed by atoms with Gasteiger partial charge in [-0.05, 0) is 43.2 Å². The van der Waals surface area contributed by atoms with Crippen LogP contribution in [0, 0.1) is 13.8 Å². The number of fused-ring (bicyclic) bond motifs is 1. The molecule has 0 aliphatic carbocycles. The van der Waals surface area contributed by atoms with Crippen LogP contribution in [-0.4, -0.2) is 18.5 Å². The average molecular weight is 374 g/mol. The van der Waals surface area contributed by atoms with E-state index in [0.717, 1.165) is 21.2 Å². The molecule has 1 heterocycles. The summed E-state index contributed by atoms with van der Waals surface area (Å²) in [4.78, 5) is 24.5. The summed E-state index contributed by atoms with van der Waals surface area (Å²) in [6.45, 7) is 3.54. The molecule has 4 nitrogen and oxygen atoms in total. The monoisotopic (exact) mass is 373 g/mol. The van der Waals surface area contributed by atoms with E-state index in [1.807, 2.05) is 56.3 Å². The van der Waals surface area contributed by atoms with Gasteiger partial charge in [-0.2, -0.15) is 0 Å². The molecule has 0 fully saturated rings. The number of nitrogens with one attached hydrogen (secondary N) is 1. The van der Waals surface area contributed by atoms with Crippen LogP contribution in [0.3, 0.4) is 0 Å². The van der Waals surface area contributed by atoms with E-state index < -0.39 is 11.9 Å². The standard InChI is InChI=1S/C19H16ClNO3S/c1-11-7-12(2)9-13(8-11)21-16(22)10-24-19(23)18-17(20)14-5-3-4-6-15(14)25-18/h3-9H,10H2,1-2H3,(H,21,22). The fourth-order valence-electron chi connectivity index (χ4n) is 2.59. The zero-order chi connectivity index (χ0) is 18.0. The van der Waals surface area contributed by atoms with Gasteiger partial charge >= 0.3 is 5.97 Å². The lowest BCUT2D eigenvalue weighted by Gasteiger charge is -2.08. The summed E-state index contributed by atoms with van der Waals surface area (Å²) in [5, 5.41) is 3.89. The third kappa shape index (κ3) is 4.00. The first-order valence-electron chi connectivity index (χ1n) is 7.66. The van der Waals surface area contributed by atoms with Gasteiger partial charge in [0.15, 0.2) is 6.61 Å². The molecule has 3 rings (SSSR count). The Morgan fingerprint density at radius 3 is 2.48 bits per heavy atom. The quantitative estimate of drug-likeness (QED) is 0.657. The first kappa shape index (κ1) is 17.5. The molecule has 0 aliphatic rings. The number of carbonyl (C=O) groups excluding carboxylic acids is 2. The second kappa shape index (κ2) is 7.25. The number of benzene rings is 2. The minimum Gasteiger partial charge on any atom is -0.451 e. The molecular weight excluding hydrogens is 358 g/mol. The molecule has 1 amide bonds. The Kier molecular flexibility index (Phi) is 5.06. The van der Waals surface area contributed by atoms with Gasteiger partial charge < -0.3 is 10.1 Å². The van der Waals surface area contributed by atoms with Crippen LogP contribution < -0.4 is 5.32 Å². The molecule has 0 bridgehead atoms. The van der Waals surface area contributed by atoms with Crippen LogP contribution >= 0.6 is 22.9 Å². The number of aryl methyl sites for hydroxylation is 2. The highest BCUT2D eigenvalue weighted by atomic mass is 35.5. The van der Waals surface area contributed by atoms with Gasteiger partial charge in [-0.25, -0.2) is 4.79 Å². The van der Waals surface area contributed by atoms with E-state index in [1.165, 1.54) is 11.3 Å². The van der Waals surface area contributed by atoms with Crippen molar-refractivity contribution in [2.75, 3.05) is 11.9 Å². The Bertz CT molecular complexity index is 944. The van der Waals surface area contributed by atoms with Gasteiger partial charge in [-0.3, -0.25) is 4.79 Å². The van der Waals surface area contributed by atoms with E-state index >= 15 is 0 Å². The molecule has 0 spiro atoms. The molecule has 128 valence electrons. The average Bonchev–Trinajstić information content (AvgIpc) is 2.89. The molecule has 3 aromatic rings. The second-order valence-electron chi connectivity index (χ2n) is 5.74. The van der Waals surface area contributed by atoms with Crippen molar-refractivity contribution in [2.45, 2.75) is 13.8 Å². The minimum atomic E-state index is -0.596. The normalized spacial score (nSPS) is 10.7. The van der Waals surface area contributed by atoms with Crippen molar-refractivity contribution in [3.05, 3.63) is 63.5 Å². The SMILES string of the molecule is Cc1cc(C)cc(NC(=O)COC(=O)c2sc3ccccc3c2Cl)c1. The maximum absolute atomic E-state index is 12.2. The summed E-state index contributed by atoms with van der Waals surface area (Å²) in [5.41, 5.74) is 2.77. The third-order valence-electron chi connectivity index (χ3n) is 3.56. The Morgan fingerprint density at radius 2 is 1.80 bits per heavy atom. The Hall–Kier alpha value is -2.37. The van der Waals surface area contributed by atoms with Gasteiger partial charge in [-0.15, -0.1) is 11.3 Å².